The summed E-state index contributed by atoms with van der Waals surface area (Å²) in [6.45, 7) is 7.05. The number of fused-ring (bicyclic) bond motifs is 3. The maximum absolute atomic E-state index is 14.4. The molecule has 2 aliphatic heterocycles. The minimum Gasteiger partial charge on any atom is -0.365 e. The van der Waals surface area contributed by atoms with Gasteiger partial charge in [-0.05, 0) is 36.1 Å². The number of piperazine rings is 1. The fourth-order valence-corrected chi connectivity index (χ4v) is 4.42. The molecule has 4 rings (SSSR count). The minimum atomic E-state index is -0.201. The molecule has 2 aliphatic rings. The van der Waals surface area contributed by atoms with Gasteiger partial charge < -0.3 is 15.1 Å². The maximum Gasteiger partial charge on any atom is 0.225 e. The molecule has 0 radical (unpaired) electrons. The SMILES string of the molecule is CC(C)CNC(=O)[C@@H]1Cc2ccccc2N2CCN(c3ccccc3F)C[C@H]12. The van der Waals surface area contributed by atoms with E-state index in [4.69, 9.17) is 0 Å². The maximum atomic E-state index is 14.4. The van der Waals surface area contributed by atoms with Gasteiger partial charge in [0.15, 0.2) is 0 Å². The highest BCUT2D eigenvalue weighted by Gasteiger charge is 2.41. The van der Waals surface area contributed by atoms with Crippen LogP contribution in [0.4, 0.5) is 15.8 Å². The number of anilines is 2. The van der Waals surface area contributed by atoms with Crippen LogP contribution in [0.2, 0.25) is 0 Å². The number of para-hydroxylation sites is 2. The first-order valence-electron chi connectivity index (χ1n) is 10.2. The van der Waals surface area contributed by atoms with Crippen LogP contribution in [0.3, 0.4) is 0 Å². The van der Waals surface area contributed by atoms with E-state index in [1.165, 1.54) is 17.3 Å². The van der Waals surface area contributed by atoms with Crippen LogP contribution in [0.15, 0.2) is 48.5 Å². The van der Waals surface area contributed by atoms with E-state index in [2.05, 4.69) is 47.2 Å². The molecule has 1 fully saturated rings. The van der Waals surface area contributed by atoms with Gasteiger partial charge in [0, 0.05) is 31.9 Å². The zero-order valence-corrected chi connectivity index (χ0v) is 16.6. The van der Waals surface area contributed by atoms with Crippen LogP contribution in [0.1, 0.15) is 19.4 Å². The average Bonchev–Trinajstić information content (AvgIpc) is 2.71. The Morgan fingerprint density at radius 2 is 1.82 bits per heavy atom. The fourth-order valence-electron chi connectivity index (χ4n) is 4.42. The van der Waals surface area contributed by atoms with Gasteiger partial charge in [-0.1, -0.05) is 44.2 Å². The van der Waals surface area contributed by atoms with Crippen LogP contribution in [0.5, 0.6) is 0 Å². The number of carbonyl (C=O) groups excluding carboxylic acids is 1. The van der Waals surface area contributed by atoms with Crippen molar-refractivity contribution in [2.45, 2.75) is 26.3 Å². The highest BCUT2D eigenvalue weighted by atomic mass is 19.1. The van der Waals surface area contributed by atoms with Gasteiger partial charge in [-0.25, -0.2) is 4.39 Å². The summed E-state index contributed by atoms with van der Waals surface area (Å²) in [6.07, 6.45) is 0.729. The molecule has 0 aliphatic carbocycles. The molecule has 2 heterocycles. The van der Waals surface area contributed by atoms with Gasteiger partial charge in [0.1, 0.15) is 5.82 Å². The number of halogens is 1. The summed E-state index contributed by atoms with van der Waals surface area (Å²) in [7, 11) is 0. The zero-order valence-electron chi connectivity index (χ0n) is 16.6. The van der Waals surface area contributed by atoms with Crippen molar-refractivity contribution >= 4 is 17.3 Å². The number of hydrogen-bond donors (Lipinski definition) is 1. The van der Waals surface area contributed by atoms with E-state index in [1.54, 1.807) is 6.07 Å². The van der Waals surface area contributed by atoms with Crippen LogP contribution in [-0.4, -0.2) is 38.1 Å². The largest absolute Gasteiger partial charge is 0.365 e. The van der Waals surface area contributed by atoms with Crippen LogP contribution < -0.4 is 15.1 Å². The zero-order chi connectivity index (χ0) is 19.7. The quantitative estimate of drug-likeness (QED) is 0.881. The van der Waals surface area contributed by atoms with Crippen molar-refractivity contribution < 1.29 is 9.18 Å². The van der Waals surface area contributed by atoms with Crippen molar-refractivity contribution in [1.82, 2.24) is 5.32 Å². The number of carbonyl (C=O) groups is 1. The third kappa shape index (κ3) is 3.58. The van der Waals surface area contributed by atoms with Crippen LogP contribution in [0.25, 0.3) is 0 Å². The van der Waals surface area contributed by atoms with E-state index in [0.29, 0.717) is 24.7 Å². The molecule has 0 bridgehead atoms. The molecule has 0 spiro atoms. The second-order valence-corrected chi connectivity index (χ2v) is 8.24. The van der Waals surface area contributed by atoms with Gasteiger partial charge in [0.25, 0.3) is 0 Å². The molecule has 0 unspecified atom stereocenters. The molecule has 2 atom stereocenters. The smallest absolute Gasteiger partial charge is 0.225 e. The van der Waals surface area contributed by atoms with Crippen molar-refractivity contribution in [2.24, 2.45) is 11.8 Å². The van der Waals surface area contributed by atoms with E-state index in [9.17, 15) is 9.18 Å². The van der Waals surface area contributed by atoms with Crippen molar-refractivity contribution in [3.8, 4) is 0 Å². The predicted octanol–water partition coefficient (Wildman–Crippen LogP) is 3.47. The molecule has 2 aromatic carbocycles. The van der Waals surface area contributed by atoms with Gasteiger partial charge >= 0.3 is 0 Å². The molecule has 1 N–H and O–H groups in total. The van der Waals surface area contributed by atoms with E-state index in [-0.39, 0.29) is 23.7 Å². The summed E-state index contributed by atoms with van der Waals surface area (Å²) >= 11 is 0. The normalized spacial score (nSPS) is 21.3. The Labute approximate surface area is 166 Å². The Kier molecular flexibility index (Phi) is 5.25. The van der Waals surface area contributed by atoms with E-state index < -0.39 is 0 Å². The van der Waals surface area contributed by atoms with Crippen molar-refractivity contribution in [1.29, 1.82) is 0 Å². The van der Waals surface area contributed by atoms with E-state index in [0.717, 1.165) is 19.5 Å². The number of hydrogen-bond acceptors (Lipinski definition) is 3. The Morgan fingerprint density at radius 3 is 2.57 bits per heavy atom. The highest BCUT2D eigenvalue weighted by molar-refractivity contribution is 5.82. The van der Waals surface area contributed by atoms with Crippen LogP contribution in [-0.2, 0) is 11.2 Å². The third-order valence-corrected chi connectivity index (χ3v) is 5.84. The predicted molar refractivity (Wildman–Crippen MR) is 111 cm³/mol. The second kappa shape index (κ2) is 7.82. The number of benzene rings is 2. The molecule has 1 amide bonds. The van der Waals surface area contributed by atoms with Gasteiger partial charge in [0.05, 0.1) is 17.6 Å². The lowest BCUT2D eigenvalue weighted by atomic mass is 9.83. The van der Waals surface area contributed by atoms with Gasteiger partial charge in [-0.15, -0.1) is 0 Å². The van der Waals surface area contributed by atoms with E-state index >= 15 is 0 Å². The van der Waals surface area contributed by atoms with Crippen LogP contribution in [0, 0.1) is 17.7 Å². The number of nitrogens with zero attached hydrogens (tertiary/aromatic N) is 2. The molecular formula is C23H28FN3O. The summed E-state index contributed by atoms with van der Waals surface area (Å²) in [4.78, 5) is 17.5. The molecule has 0 saturated carbocycles. The third-order valence-electron chi connectivity index (χ3n) is 5.84. The summed E-state index contributed by atoms with van der Waals surface area (Å²) in [5.41, 5.74) is 3.07. The number of rotatable bonds is 4. The first-order valence-corrected chi connectivity index (χ1v) is 10.2. The summed E-state index contributed by atoms with van der Waals surface area (Å²) < 4.78 is 14.4. The lowest BCUT2D eigenvalue weighted by molar-refractivity contribution is -0.126. The monoisotopic (exact) mass is 381 g/mol. The van der Waals surface area contributed by atoms with Crippen molar-refractivity contribution in [3.05, 3.63) is 59.9 Å². The molecular weight excluding hydrogens is 353 g/mol. The summed E-state index contributed by atoms with van der Waals surface area (Å²) in [5.74, 6) is 0.182. The standard InChI is InChI=1S/C23H28FN3O/c1-16(2)14-25-23(28)18-13-17-7-3-5-9-20(17)27-12-11-26(15-22(18)27)21-10-6-4-8-19(21)24/h3-10,16,18,22H,11-15H2,1-2H3,(H,25,28)/t18-,22-/m1/s1. The fraction of sp³-hybridized carbons (Fsp3) is 0.435. The first-order chi connectivity index (χ1) is 13.5. The topological polar surface area (TPSA) is 35.6 Å². The van der Waals surface area contributed by atoms with Crippen LogP contribution >= 0.6 is 0 Å². The minimum absolute atomic E-state index is 0.0374. The Bertz CT molecular complexity index is 853. The van der Waals surface area contributed by atoms with E-state index in [1.807, 2.05) is 18.2 Å². The molecule has 1 saturated heterocycles. The Hall–Kier alpha value is -2.56. The summed E-state index contributed by atoms with van der Waals surface area (Å²) in [6, 6.07) is 15.3. The highest BCUT2D eigenvalue weighted by Crippen LogP contribution is 2.37. The van der Waals surface area contributed by atoms with Gasteiger partial charge in [0.2, 0.25) is 5.91 Å². The Morgan fingerprint density at radius 1 is 1.11 bits per heavy atom. The molecule has 5 heteroatoms. The number of amides is 1. The number of nitrogens with one attached hydrogen (secondary N) is 1. The van der Waals surface area contributed by atoms with Crippen molar-refractivity contribution in [3.63, 3.8) is 0 Å². The molecule has 148 valence electrons. The average molecular weight is 381 g/mol. The molecule has 0 aromatic heterocycles. The summed E-state index contributed by atoms with van der Waals surface area (Å²) in [5, 5.41) is 3.12. The first kappa shape index (κ1) is 18.8. The second-order valence-electron chi connectivity index (χ2n) is 8.24. The van der Waals surface area contributed by atoms with Gasteiger partial charge in [-0.3, -0.25) is 4.79 Å². The molecule has 28 heavy (non-hydrogen) atoms. The lowest BCUT2D eigenvalue weighted by Gasteiger charge is -2.49. The van der Waals surface area contributed by atoms with Gasteiger partial charge in [-0.2, -0.15) is 0 Å². The Balaban J connectivity index is 1.63. The lowest BCUT2D eigenvalue weighted by Crippen LogP contribution is -2.61. The van der Waals surface area contributed by atoms with Crippen molar-refractivity contribution in [2.75, 3.05) is 36.0 Å². The molecule has 4 nitrogen and oxygen atoms in total. The molecule has 2 aromatic rings.